The molecule has 3 N–H and O–H groups in total. The normalized spacial score (nSPS) is 30.6. The Morgan fingerprint density at radius 2 is 1.93 bits per heavy atom. The minimum atomic E-state index is -1.02. The van der Waals surface area contributed by atoms with Gasteiger partial charge in [-0.25, -0.2) is 0 Å². The van der Waals surface area contributed by atoms with E-state index in [4.69, 9.17) is 28.9 Å². The number of carbonyl (C=O) groups excluding carboxylic acids is 2. The molecule has 0 saturated heterocycles. The van der Waals surface area contributed by atoms with Gasteiger partial charge in [-0.3, -0.25) is 9.59 Å². The number of primary amides is 1. The van der Waals surface area contributed by atoms with Crippen LogP contribution in [0.1, 0.15) is 20.3 Å². The van der Waals surface area contributed by atoms with Gasteiger partial charge in [-0.05, 0) is 20.3 Å². The number of hydrogen-bond acceptors (Lipinski definition) is 2. The number of hydrogen-bond donors (Lipinski definition) is 2. The number of rotatable bonds is 3. The van der Waals surface area contributed by atoms with Gasteiger partial charge in [-0.15, -0.1) is 23.2 Å². The number of nitrogens with two attached hydrogens (primary N) is 1. The van der Waals surface area contributed by atoms with Crippen molar-refractivity contribution in [2.75, 3.05) is 0 Å². The van der Waals surface area contributed by atoms with E-state index in [0.29, 0.717) is 6.42 Å². The number of nitrogens with one attached hydrogen (secondary N) is 1. The quantitative estimate of drug-likeness (QED) is 0.706. The Hall–Kier alpha value is -0.480. The summed E-state index contributed by atoms with van der Waals surface area (Å²) in [5.41, 5.74) is 4.19. The molecule has 80 valence electrons. The Kier molecular flexibility index (Phi) is 2.71. The summed E-state index contributed by atoms with van der Waals surface area (Å²) >= 11 is 11.6. The van der Waals surface area contributed by atoms with E-state index in [2.05, 4.69) is 5.32 Å². The molecule has 1 rings (SSSR count). The Balaban J connectivity index is 2.57. The Morgan fingerprint density at radius 1 is 1.50 bits per heavy atom. The highest BCUT2D eigenvalue weighted by Crippen LogP contribution is 2.63. The molecule has 14 heavy (non-hydrogen) atoms. The van der Waals surface area contributed by atoms with Crippen LogP contribution in [0.25, 0.3) is 0 Å². The third-order valence-corrected chi connectivity index (χ3v) is 3.63. The van der Waals surface area contributed by atoms with Crippen molar-refractivity contribution in [2.24, 2.45) is 11.1 Å². The van der Waals surface area contributed by atoms with Gasteiger partial charge in [-0.2, -0.15) is 0 Å². The molecule has 1 aliphatic rings. The van der Waals surface area contributed by atoms with Crippen LogP contribution in [0.3, 0.4) is 0 Å². The van der Waals surface area contributed by atoms with Gasteiger partial charge in [0.25, 0.3) is 0 Å². The first-order valence-electron chi connectivity index (χ1n) is 4.19. The Morgan fingerprint density at radius 3 is 2.21 bits per heavy atom. The van der Waals surface area contributed by atoms with Crippen molar-refractivity contribution in [1.82, 2.24) is 5.32 Å². The van der Waals surface area contributed by atoms with E-state index in [1.807, 2.05) is 0 Å². The fraction of sp³-hybridized carbons (Fsp3) is 0.750. The summed E-state index contributed by atoms with van der Waals surface area (Å²) < 4.78 is -1.02. The summed E-state index contributed by atoms with van der Waals surface area (Å²) in [5, 5.41) is 2.46. The number of amides is 2. The molecule has 0 spiro atoms. The smallest absolute Gasteiger partial charge is 0.239 e. The van der Waals surface area contributed by atoms with Crippen molar-refractivity contribution in [1.29, 1.82) is 0 Å². The van der Waals surface area contributed by atoms with E-state index in [-0.39, 0.29) is 5.91 Å². The minimum absolute atomic E-state index is 0.339. The van der Waals surface area contributed by atoms with Crippen molar-refractivity contribution in [3.8, 4) is 0 Å². The monoisotopic (exact) mass is 238 g/mol. The first-order valence-corrected chi connectivity index (χ1v) is 4.94. The summed E-state index contributed by atoms with van der Waals surface area (Å²) in [6.07, 6.45) is 0.389. The van der Waals surface area contributed by atoms with Crippen LogP contribution in [0, 0.1) is 5.41 Å². The molecule has 2 atom stereocenters. The molecule has 1 fully saturated rings. The second kappa shape index (κ2) is 3.28. The molecule has 0 bridgehead atoms. The minimum Gasteiger partial charge on any atom is -0.368 e. The molecule has 6 heteroatoms. The first-order chi connectivity index (χ1) is 6.21. The molecule has 0 heterocycles. The maximum Gasteiger partial charge on any atom is 0.239 e. The van der Waals surface area contributed by atoms with Crippen LogP contribution in [-0.4, -0.2) is 22.2 Å². The molecule has 2 unspecified atom stereocenters. The third kappa shape index (κ3) is 1.81. The van der Waals surface area contributed by atoms with Gasteiger partial charge in [0.1, 0.15) is 10.4 Å². The standard InChI is InChI=1S/C8H12Cl2N2O2/c1-4(5(11)13)12-6(14)7(2)3-8(7,9)10/h4H,3H2,1-2H3,(H2,11,13)(H,12,14). The van der Waals surface area contributed by atoms with Crippen LogP contribution >= 0.6 is 23.2 Å². The highest BCUT2D eigenvalue weighted by molar-refractivity contribution is 6.53. The van der Waals surface area contributed by atoms with E-state index in [1.54, 1.807) is 6.92 Å². The lowest BCUT2D eigenvalue weighted by molar-refractivity contribution is -0.130. The van der Waals surface area contributed by atoms with E-state index >= 15 is 0 Å². The second-order valence-corrected chi connectivity index (χ2v) is 5.29. The van der Waals surface area contributed by atoms with Gasteiger partial charge in [-0.1, -0.05) is 0 Å². The molecule has 2 amide bonds. The molecule has 0 aromatic carbocycles. The highest BCUT2D eigenvalue weighted by Gasteiger charge is 2.68. The summed E-state index contributed by atoms with van der Waals surface area (Å²) in [6, 6.07) is -0.705. The Bertz CT molecular complexity index is 293. The van der Waals surface area contributed by atoms with Crippen LogP contribution in [0.4, 0.5) is 0 Å². The summed E-state index contributed by atoms with van der Waals surface area (Å²) in [6.45, 7) is 3.16. The number of carbonyl (C=O) groups is 2. The van der Waals surface area contributed by atoms with Gasteiger partial charge >= 0.3 is 0 Å². The maximum absolute atomic E-state index is 11.6. The molecule has 0 aromatic heterocycles. The lowest BCUT2D eigenvalue weighted by Gasteiger charge is -2.15. The summed E-state index contributed by atoms with van der Waals surface area (Å²) in [7, 11) is 0. The molecular weight excluding hydrogens is 227 g/mol. The number of halogens is 2. The van der Waals surface area contributed by atoms with Gasteiger partial charge in [0, 0.05) is 0 Å². The lowest BCUT2D eigenvalue weighted by Crippen LogP contribution is -2.45. The van der Waals surface area contributed by atoms with E-state index < -0.39 is 21.7 Å². The SMILES string of the molecule is CC(NC(=O)C1(C)CC1(Cl)Cl)C(N)=O. The zero-order valence-corrected chi connectivity index (χ0v) is 9.45. The van der Waals surface area contributed by atoms with Crippen molar-refractivity contribution in [3.63, 3.8) is 0 Å². The lowest BCUT2D eigenvalue weighted by atomic mass is 10.1. The van der Waals surface area contributed by atoms with Crippen LogP contribution in [0.15, 0.2) is 0 Å². The zero-order valence-electron chi connectivity index (χ0n) is 7.93. The highest BCUT2D eigenvalue weighted by atomic mass is 35.5. The van der Waals surface area contributed by atoms with E-state index in [1.165, 1.54) is 6.92 Å². The zero-order chi connectivity index (χ0) is 11.1. The Labute approximate surface area is 92.1 Å². The van der Waals surface area contributed by atoms with Gasteiger partial charge in [0.05, 0.1) is 5.41 Å². The predicted molar refractivity (Wildman–Crippen MR) is 54.0 cm³/mol. The van der Waals surface area contributed by atoms with Gasteiger partial charge < -0.3 is 11.1 Å². The fourth-order valence-corrected chi connectivity index (χ4v) is 1.78. The first kappa shape index (κ1) is 11.6. The topological polar surface area (TPSA) is 72.2 Å². The molecule has 0 aromatic rings. The third-order valence-electron chi connectivity index (χ3n) is 2.53. The largest absolute Gasteiger partial charge is 0.368 e. The molecule has 1 aliphatic carbocycles. The van der Waals surface area contributed by atoms with Crippen LogP contribution in [-0.2, 0) is 9.59 Å². The fourth-order valence-electron chi connectivity index (χ4n) is 1.07. The van der Waals surface area contributed by atoms with E-state index in [9.17, 15) is 9.59 Å². The van der Waals surface area contributed by atoms with Gasteiger partial charge in [0.2, 0.25) is 11.8 Å². The number of alkyl halides is 2. The van der Waals surface area contributed by atoms with Crippen LogP contribution in [0.5, 0.6) is 0 Å². The average Bonchev–Trinajstić information content (AvgIpc) is 2.52. The molecule has 1 saturated carbocycles. The van der Waals surface area contributed by atoms with Crippen molar-refractivity contribution in [3.05, 3.63) is 0 Å². The molecule has 0 aliphatic heterocycles. The predicted octanol–water partition coefficient (Wildman–Crippen LogP) is 0.560. The van der Waals surface area contributed by atoms with Crippen molar-refractivity contribution >= 4 is 35.0 Å². The molecular formula is C8H12Cl2N2O2. The molecule has 4 nitrogen and oxygen atoms in total. The van der Waals surface area contributed by atoms with Crippen LogP contribution in [0.2, 0.25) is 0 Å². The van der Waals surface area contributed by atoms with Crippen molar-refractivity contribution < 1.29 is 9.59 Å². The molecule has 0 radical (unpaired) electrons. The van der Waals surface area contributed by atoms with Crippen LogP contribution < -0.4 is 11.1 Å². The summed E-state index contributed by atoms with van der Waals surface area (Å²) in [4.78, 5) is 22.3. The van der Waals surface area contributed by atoms with Crippen molar-refractivity contribution in [2.45, 2.75) is 30.6 Å². The summed E-state index contributed by atoms with van der Waals surface area (Å²) in [5.74, 6) is -0.925. The van der Waals surface area contributed by atoms with Gasteiger partial charge in [0.15, 0.2) is 0 Å². The average molecular weight is 239 g/mol. The maximum atomic E-state index is 11.6. The van der Waals surface area contributed by atoms with E-state index in [0.717, 1.165) is 0 Å². The second-order valence-electron chi connectivity index (χ2n) is 3.81.